The van der Waals surface area contributed by atoms with Gasteiger partial charge in [0.1, 0.15) is 0 Å². The normalized spacial score (nSPS) is 12.2. The van der Waals surface area contributed by atoms with Crippen LogP contribution in [0.3, 0.4) is 0 Å². The van der Waals surface area contributed by atoms with Crippen LogP contribution >= 0.6 is 23.2 Å². The second-order valence-electron chi connectivity index (χ2n) is 8.99. The lowest BCUT2D eigenvalue weighted by Gasteiger charge is -2.17. The Morgan fingerprint density at radius 1 is 0.667 bits per heavy atom. The predicted molar refractivity (Wildman–Crippen MR) is 150 cm³/mol. The Balaban J connectivity index is 0.000000681. The molecule has 2 unspecified atom stereocenters. The maximum Gasteiger partial charge on any atom is 0.339 e. The van der Waals surface area contributed by atoms with Gasteiger partial charge in [0, 0.05) is 0 Å². The Morgan fingerprint density at radius 3 is 1.33 bits per heavy atom. The molecule has 2 atom stereocenters. The summed E-state index contributed by atoms with van der Waals surface area (Å²) in [7, 11) is 0. The SMILES string of the molecule is CCCCC(CC)COC(=O)c1ccccc1C(=O)OCC(CC)CCCC.Clc1ccccc1Cl. The van der Waals surface area contributed by atoms with Gasteiger partial charge in [-0.3, -0.25) is 0 Å². The zero-order valence-electron chi connectivity index (χ0n) is 22.2. The summed E-state index contributed by atoms with van der Waals surface area (Å²) in [6.07, 6.45) is 8.61. The average Bonchev–Trinajstić information content (AvgIpc) is 2.90. The molecule has 0 saturated heterocycles. The van der Waals surface area contributed by atoms with E-state index < -0.39 is 11.9 Å². The van der Waals surface area contributed by atoms with Crippen LogP contribution in [0, 0.1) is 11.8 Å². The molecule has 0 aliphatic heterocycles. The Labute approximate surface area is 227 Å². The highest BCUT2D eigenvalue weighted by atomic mass is 35.5. The molecular weight excluding hydrogens is 495 g/mol. The second kappa shape index (κ2) is 19.1. The van der Waals surface area contributed by atoms with Gasteiger partial charge in [-0.25, -0.2) is 9.59 Å². The minimum atomic E-state index is -0.444. The van der Waals surface area contributed by atoms with Gasteiger partial charge in [0.05, 0.1) is 34.4 Å². The van der Waals surface area contributed by atoms with Crippen molar-refractivity contribution in [1.29, 1.82) is 0 Å². The van der Waals surface area contributed by atoms with Crippen molar-refractivity contribution < 1.29 is 19.1 Å². The van der Waals surface area contributed by atoms with Crippen LogP contribution in [0.1, 0.15) is 99.8 Å². The lowest BCUT2D eigenvalue weighted by atomic mass is 10.0. The third-order valence-electron chi connectivity index (χ3n) is 6.18. The summed E-state index contributed by atoms with van der Waals surface area (Å²) in [5.74, 6) is -0.153. The molecule has 4 nitrogen and oxygen atoms in total. The van der Waals surface area contributed by atoms with Crippen LogP contribution in [0.2, 0.25) is 10.0 Å². The molecule has 0 aromatic heterocycles. The van der Waals surface area contributed by atoms with Gasteiger partial charge in [-0.15, -0.1) is 0 Å². The first kappa shape index (κ1) is 32.0. The van der Waals surface area contributed by atoms with Crippen molar-refractivity contribution in [3.63, 3.8) is 0 Å². The highest BCUT2D eigenvalue weighted by molar-refractivity contribution is 6.41. The van der Waals surface area contributed by atoms with Gasteiger partial charge in [-0.05, 0) is 48.9 Å². The van der Waals surface area contributed by atoms with Crippen molar-refractivity contribution in [3.8, 4) is 0 Å². The van der Waals surface area contributed by atoms with Gasteiger partial charge < -0.3 is 9.47 Å². The first-order chi connectivity index (χ1) is 17.4. The minimum Gasteiger partial charge on any atom is -0.462 e. The number of hydrogen-bond donors (Lipinski definition) is 0. The van der Waals surface area contributed by atoms with Crippen LogP contribution in [-0.2, 0) is 9.47 Å². The second-order valence-corrected chi connectivity index (χ2v) is 9.80. The van der Waals surface area contributed by atoms with Crippen LogP contribution in [-0.4, -0.2) is 25.2 Å². The summed E-state index contributed by atoms with van der Waals surface area (Å²) in [6.45, 7) is 9.34. The Kier molecular flexibility index (Phi) is 17.0. The van der Waals surface area contributed by atoms with Gasteiger partial charge in [-0.2, -0.15) is 0 Å². The summed E-state index contributed by atoms with van der Waals surface area (Å²) >= 11 is 11.2. The number of ether oxygens (including phenoxy) is 2. The fraction of sp³-hybridized carbons (Fsp3) is 0.533. The molecule has 6 heteroatoms. The van der Waals surface area contributed by atoms with E-state index in [1.54, 1.807) is 36.4 Å². The molecule has 0 N–H and O–H groups in total. The first-order valence-electron chi connectivity index (χ1n) is 13.2. The zero-order chi connectivity index (χ0) is 26.8. The molecule has 0 bridgehead atoms. The zero-order valence-corrected chi connectivity index (χ0v) is 23.7. The molecule has 2 aromatic rings. The van der Waals surface area contributed by atoms with E-state index >= 15 is 0 Å². The molecule has 200 valence electrons. The van der Waals surface area contributed by atoms with Crippen molar-refractivity contribution in [3.05, 3.63) is 69.7 Å². The monoisotopic (exact) mass is 536 g/mol. The molecule has 0 heterocycles. The van der Waals surface area contributed by atoms with Crippen LogP contribution in [0.25, 0.3) is 0 Å². The number of carbonyl (C=O) groups is 2. The molecule has 2 rings (SSSR count). The number of esters is 2. The van der Waals surface area contributed by atoms with E-state index in [4.69, 9.17) is 32.7 Å². The summed E-state index contributed by atoms with van der Waals surface area (Å²) < 4.78 is 11.0. The smallest absolute Gasteiger partial charge is 0.339 e. The van der Waals surface area contributed by atoms with Gasteiger partial charge in [-0.1, -0.05) is 114 Å². The van der Waals surface area contributed by atoms with E-state index in [2.05, 4.69) is 27.7 Å². The maximum atomic E-state index is 12.6. The Morgan fingerprint density at radius 2 is 1.03 bits per heavy atom. The van der Waals surface area contributed by atoms with E-state index in [0.29, 0.717) is 46.2 Å². The number of rotatable bonds is 14. The molecule has 0 saturated carbocycles. The number of unbranched alkanes of at least 4 members (excludes halogenated alkanes) is 2. The van der Waals surface area contributed by atoms with Crippen molar-refractivity contribution in [2.24, 2.45) is 11.8 Å². The third kappa shape index (κ3) is 12.3. The highest BCUT2D eigenvalue weighted by Crippen LogP contribution is 2.20. The molecule has 0 radical (unpaired) electrons. The van der Waals surface area contributed by atoms with Crippen molar-refractivity contribution >= 4 is 35.1 Å². The third-order valence-corrected chi connectivity index (χ3v) is 6.93. The topological polar surface area (TPSA) is 52.6 Å². The molecule has 0 spiro atoms. The number of halogens is 2. The average molecular weight is 538 g/mol. The van der Waals surface area contributed by atoms with E-state index in [9.17, 15) is 9.59 Å². The van der Waals surface area contributed by atoms with E-state index in [-0.39, 0.29) is 0 Å². The van der Waals surface area contributed by atoms with Gasteiger partial charge in [0.25, 0.3) is 0 Å². The van der Waals surface area contributed by atoms with Crippen LogP contribution in [0.5, 0.6) is 0 Å². The standard InChI is InChI=1S/C24H38O4.C6H4Cl2/c1-5-9-13-19(7-3)17-27-23(25)21-15-11-12-16-22(21)24(26)28-18-20(8-4)14-10-6-2;7-5-3-1-2-4-6(5)8/h11-12,15-16,19-20H,5-10,13-14,17-18H2,1-4H3;1-4H. The summed E-state index contributed by atoms with van der Waals surface area (Å²) in [6, 6.07) is 14.0. The quantitative estimate of drug-likeness (QED) is 0.225. The molecule has 0 amide bonds. The largest absolute Gasteiger partial charge is 0.462 e. The first-order valence-corrected chi connectivity index (χ1v) is 14.0. The molecular formula is C30H42Cl2O4. The van der Waals surface area contributed by atoms with E-state index in [1.807, 2.05) is 12.1 Å². The maximum absolute atomic E-state index is 12.6. The lowest BCUT2D eigenvalue weighted by molar-refractivity contribution is 0.0381. The molecule has 0 aliphatic rings. The summed E-state index contributed by atoms with van der Waals surface area (Å²) in [5.41, 5.74) is 0.582. The fourth-order valence-electron chi connectivity index (χ4n) is 3.62. The van der Waals surface area contributed by atoms with E-state index in [1.165, 1.54) is 0 Å². The lowest BCUT2D eigenvalue weighted by Crippen LogP contribution is -2.19. The number of hydrogen-bond acceptors (Lipinski definition) is 4. The Bertz CT molecular complexity index is 828. The molecule has 36 heavy (non-hydrogen) atoms. The molecule has 0 fully saturated rings. The Hall–Kier alpha value is -2.04. The molecule has 0 aliphatic carbocycles. The van der Waals surface area contributed by atoms with Crippen molar-refractivity contribution in [2.45, 2.75) is 79.1 Å². The van der Waals surface area contributed by atoms with Crippen molar-refractivity contribution in [2.75, 3.05) is 13.2 Å². The number of benzene rings is 2. The molecule has 2 aromatic carbocycles. The van der Waals surface area contributed by atoms with Crippen LogP contribution in [0.15, 0.2) is 48.5 Å². The number of carbonyl (C=O) groups excluding carboxylic acids is 2. The fourth-order valence-corrected chi connectivity index (χ4v) is 3.89. The van der Waals surface area contributed by atoms with Gasteiger partial charge >= 0.3 is 11.9 Å². The summed E-state index contributed by atoms with van der Waals surface area (Å²) in [4.78, 5) is 25.1. The summed E-state index contributed by atoms with van der Waals surface area (Å²) in [5, 5.41) is 1.21. The van der Waals surface area contributed by atoms with E-state index in [0.717, 1.165) is 51.4 Å². The van der Waals surface area contributed by atoms with Gasteiger partial charge in [0.15, 0.2) is 0 Å². The minimum absolute atomic E-state index is 0.291. The van der Waals surface area contributed by atoms with Gasteiger partial charge in [0.2, 0.25) is 0 Å². The highest BCUT2D eigenvalue weighted by Gasteiger charge is 2.21. The van der Waals surface area contributed by atoms with Crippen LogP contribution in [0.4, 0.5) is 0 Å². The predicted octanol–water partition coefficient (Wildman–Crippen LogP) is 9.43. The van der Waals surface area contributed by atoms with Crippen LogP contribution < -0.4 is 0 Å². The van der Waals surface area contributed by atoms with Crippen molar-refractivity contribution in [1.82, 2.24) is 0 Å².